The molecule has 0 N–H and O–H groups in total. The van der Waals surface area contributed by atoms with E-state index in [0.717, 1.165) is 39.3 Å². The van der Waals surface area contributed by atoms with Crippen LogP contribution in [-0.4, -0.2) is 29.8 Å². The first-order valence-electron chi connectivity index (χ1n) is 7.42. The van der Waals surface area contributed by atoms with Crippen molar-refractivity contribution in [3.05, 3.63) is 26.6 Å². The monoisotopic (exact) mass is 348 g/mol. The maximum Gasteiger partial charge on any atom is 0.262 e. The Kier molecular flexibility index (Phi) is 3.49. The average Bonchev–Trinajstić information content (AvgIpc) is 3.20. The van der Waals surface area contributed by atoms with Crippen molar-refractivity contribution in [3.63, 3.8) is 0 Å². The highest BCUT2D eigenvalue weighted by Gasteiger charge is 2.27. The maximum absolute atomic E-state index is 12.6. The minimum absolute atomic E-state index is 0.0149. The molecule has 4 rings (SSSR count). The van der Waals surface area contributed by atoms with E-state index in [-0.39, 0.29) is 5.56 Å². The number of aromatic nitrogens is 6. The Morgan fingerprint density at radius 1 is 1.35 bits per heavy atom. The normalized spacial score (nSPS) is 14.7. The van der Waals surface area contributed by atoms with Crippen LogP contribution in [0.1, 0.15) is 35.1 Å². The van der Waals surface area contributed by atoms with Crippen LogP contribution in [0.2, 0.25) is 0 Å². The quantitative estimate of drug-likeness (QED) is 0.531. The lowest BCUT2D eigenvalue weighted by Gasteiger charge is -2.07. The third-order valence-electron chi connectivity index (χ3n) is 4.15. The van der Waals surface area contributed by atoms with Crippen molar-refractivity contribution in [2.45, 2.75) is 43.6 Å². The van der Waals surface area contributed by atoms with E-state index in [1.807, 2.05) is 18.5 Å². The van der Waals surface area contributed by atoms with Gasteiger partial charge < -0.3 is 0 Å². The number of nitrogens with zero attached hydrogens (tertiary/aromatic N) is 6. The van der Waals surface area contributed by atoms with Crippen LogP contribution in [0, 0.1) is 13.8 Å². The van der Waals surface area contributed by atoms with Gasteiger partial charge in [0.1, 0.15) is 4.83 Å². The number of hydrogen-bond donors (Lipinski definition) is 0. The van der Waals surface area contributed by atoms with E-state index >= 15 is 0 Å². The Morgan fingerprint density at radius 3 is 2.87 bits per heavy atom. The molecule has 0 saturated heterocycles. The topological polar surface area (TPSA) is 78.5 Å². The van der Waals surface area contributed by atoms with E-state index in [1.165, 1.54) is 11.8 Å². The van der Waals surface area contributed by atoms with Gasteiger partial charge in [-0.3, -0.25) is 9.36 Å². The smallest absolute Gasteiger partial charge is 0.262 e. The Balaban J connectivity index is 1.67. The van der Waals surface area contributed by atoms with E-state index in [9.17, 15) is 4.79 Å². The summed E-state index contributed by atoms with van der Waals surface area (Å²) < 4.78 is 3.51. The van der Waals surface area contributed by atoms with E-state index in [2.05, 4.69) is 20.5 Å². The second-order valence-corrected chi connectivity index (χ2v) is 7.93. The van der Waals surface area contributed by atoms with Crippen molar-refractivity contribution in [2.24, 2.45) is 7.05 Å². The van der Waals surface area contributed by atoms with Crippen LogP contribution in [0.15, 0.2) is 9.95 Å². The number of tetrazole rings is 1. The molecule has 3 heterocycles. The van der Waals surface area contributed by atoms with Gasteiger partial charge in [0.05, 0.1) is 17.2 Å². The van der Waals surface area contributed by atoms with Gasteiger partial charge in [-0.2, -0.15) is 0 Å². The minimum Gasteiger partial charge on any atom is -0.290 e. The molecule has 1 saturated carbocycles. The molecule has 23 heavy (non-hydrogen) atoms. The molecule has 3 aromatic heterocycles. The van der Waals surface area contributed by atoms with Crippen LogP contribution in [0.3, 0.4) is 0 Å². The summed E-state index contributed by atoms with van der Waals surface area (Å²) in [5.41, 5.74) is 1.05. The molecule has 120 valence electrons. The molecule has 0 aliphatic heterocycles. The SMILES string of the molecule is Cc1sc2nc(SCc3nnnn3C3CC3)n(C)c(=O)c2c1C. The number of hydrogen-bond acceptors (Lipinski definition) is 7. The highest BCUT2D eigenvalue weighted by Crippen LogP contribution is 2.35. The zero-order valence-corrected chi connectivity index (χ0v) is 14.7. The van der Waals surface area contributed by atoms with Crippen LogP contribution in [0.25, 0.3) is 10.2 Å². The Hall–Kier alpha value is -1.74. The lowest BCUT2D eigenvalue weighted by atomic mass is 10.2. The Bertz CT molecular complexity index is 952. The summed E-state index contributed by atoms with van der Waals surface area (Å²) in [7, 11) is 1.77. The van der Waals surface area contributed by atoms with Crippen LogP contribution in [0.5, 0.6) is 0 Å². The van der Waals surface area contributed by atoms with Gasteiger partial charge in [0.2, 0.25) is 0 Å². The van der Waals surface area contributed by atoms with Gasteiger partial charge in [0.15, 0.2) is 11.0 Å². The molecule has 0 spiro atoms. The van der Waals surface area contributed by atoms with Crippen LogP contribution < -0.4 is 5.56 Å². The number of aryl methyl sites for hydroxylation is 2. The fourth-order valence-corrected chi connectivity index (χ4v) is 4.48. The first-order valence-corrected chi connectivity index (χ1v) is 9.22. The van der Waals surface area contributed by atoms with Crippen molar-refractivity contribution >= 4 is 33.3 Å². The van der Waals surface area contributed by atoms with Crippen LogP contribution in [-0.2, 0) is 12.8 Å². The molecule has 1 aliphatic rings. The van der Waals surface area contributed by atoms with Crippen LogP contribution >= 0.6 is 23.1 Å². The second-order valence-electron chi connectivity index (χ2n) is 5.78. The number of thioether (sulfide) groups is 1. The number of fused-ring (bicyclic) bond motifs is 1. The van der Waals surface area contributed by atoms with Gasteiger partial charge in [-0.15, -0.1) is 16.4 Å². The van der Waals surface area contributed by atoms with E-state index in [4.69, 9.17) is 0 Å². The standard InChI is InChI=1S/C14H16N6OS2/c1-7-8(2)23-12-11(7)13(21)19(3)14(15-12)22-6-10-16-17-18-20(10)9-4-5-9/h9H,4-6H2,1-3H3. The third-order valence-corrected chi connectivity index (χ3v) is 6.28. The first-order chi connectivity index (χ1) is 11.1. The lowest BCUT2D eigenvalue weighted by molar-refractivity contribution is 0.593. The zero-order chi connectivity index (χ0) is 16.1. The first kappa shape index (κ1) is 14.8. The molecule has 0 radical (unpaired) electrons. The van der Waals surface area contributed by atoms with Crippen molar-refractivity contribution in [2.75, 3.05) is 0 Å². The molecule has 9 heteroatoms. The second kappa shape index (κ2) is 5.41. The molecule has 0 bridgehead atoms. The van der Waals surface area contributed by atoms with E-state index < -0.39 is 0 Å². The van der Waals surface area contributed by atoms with Gasteiger partial charge in [-0.1, -0.05) is 11.8 Å². The molecule has 0 unspecified atom stereocenters. The fourth-order valence-electron chi connectivity index (χ4n) is 2.52. The number of thiophene rings is 1. The number of rotatable bonds is 4. The Morgan fingerprint density at radius 2 is 2.13 bits per heavy atom. The van der Waals surface area contributed by atoms with Gasteiger partial charge in [0, 0.05) is 11.9 Å². The molecule has 1 fully saturated rings. The summed E-state index contributed by atoms with van der Waals surface area (Å²) in [6.45, 7) is 4.01. The molecular weight excluding hydrogens is 332 g/mol. The molecular formula is C14H16N6OS2. The molecule has 3 aromatic rings. The summed E-state index contributed by atoms with van der Waals surface area (Å²) in [6.07, 6.45) is 2.28. The predicted molar refractivity (Wildman–Crippen MR) is 90.0 cm³/mol. The summed E-state index contributed by atoms with van der Waals surface area (Å²) in [6, 6.07) is 0.447. The lowest BCUT2D eigenvalue weighted by Crippen LogP contribution is -2.20. The molecule has 0 aromatic carbocycles. The van der Waals surface area contributed by atoms with Crippen molar-refractivity contribution in [3.8, 4) is 0 Å². The summed E-state index contributed by atoms with van der Waals surface area (Å²) >= 11 is 3.08. The summed E-state index contributed by atoms with van der Waals surface area (Å²) in [5, 5.41) is 13.3. The highest BCUT2D eigenvalue weighted by molar-refractivity contribution is 7.98. The van der Waals surface area contributed by atoms with E-state index in [0.29, 0.717) is 17.0 Å². The molecule has 0 amide bonds. The van der Waals surface area contributed by atoms with E-state index in [1.54, 1.807) is 23.0 Å². The fraction of sp³-hybridized carbons (Fsp3) is 0.500. The largest absolute Gasteiger partial charge is 0.290 e. The average molecular weight is 348 g/mol. The van der Waals surface area contributed by atoms with Crippen molar-refractivity contribution in [1.29, 1.82) is 0 Å². The summed E-state index contributed by atoms with van der Waals surface area (Å²) in [5.74, 6) is 1.45. The van der Waals surface area contributed by atoms with Crippen molar-refractivity contribution in [1.82, 2.24) is 29.8 Å². The predicted octanol–water partition coefficient (Wildman–Crippen LogP) is 2.23. The van der Waals surface area contributed by atoms with Gasteiger partial charge in [-0.05, 0) is 42.7 Å². The summed E-state index contributed by atoms with van der Waals surface area (Å²) in [4.78, 5) is 19.2. The zero-order valence-electron chi connectivity index (χ0n) is 13.1. The molecule has 7 nitrogen and oxygen atoms in total. The minimum atomic E-state index is 0.0149. The third kappa shape index (κ3) is 2.47. The maximum atomic E-state index is 12.6. The van der Waals surface area contributed by atoms with Gasteiger partial charge >= 0.3 is 0 Å². The molecule has 0 atom stereocenters. The Labute approximate surface area is 140 Å². The van der Waals surface area contributed by atoms with Crippen molar-refractivity contribution < 1.29 is 0 Å². The van der Waals surface area contributed by atoms with Gasteiger partial charge in [0.25, 0.3) is 5.56 Å². The van der Waals surface area contributed by atoms with Gasteiger partial charge in [-0.25, -0.2) is 9.67 Å². The van der Waals surface area contributed by atoms with Crippen LogP contribution in [0.4, 0.5) is 0 Å². The highest BCUT2D eigenvalue weighted by atomic mass is 32.2. The molecule has 1 aliphatic carbocycles.